The molecule has 0 radical (unpaired) electrons. The quantitative estimate of drug-likeness (QED) is 0.0593. The maximum absolute atomic E-state index is 2.82. The Labute approximate surface area is 565 Å². The molecule has 0 spiro atoms. The summed E-state index contributed by atoms with van der Waals surface area (Å²) in [5.41, 5.74) is 9.86. The highest BCUT2D eigenvalue weighted by molar-refractivity contribution is 7.15. The summed E-state index contributed by atoms with van der Waals surface area (Å²) in [5.74, 6) is 0. The van der Waals surface area contributed by atoms with E-state index in [0.29, 0.717) is 0 Å². The van der Waals surface area contributed by atoms with Crippen molar-refractivity contribution in [3.05, 3.63) is 97.1 Å². The normalized spacial score (nSPS) is 14.2. The Hall–Kier alpha value is -2.47. The summed E-state index contributed by atoms with van der Waals surface area (Å²) in [6.45, 7) is 95.7. The van der Waals surface area contributed by atoms with Crippen molar-refractivity contribution in [2.45, 2.75) is 236 Å². The predicted molar refractivity (Wildman–Crippen MR) is 461 cm³/mol. The van der Waals surface area contributed by atoms with E-state index in [1.165, 1.54) is 43.2 Å². The lowest BCUT2D eigenvalue weighted by atomic mass is 9.35. The summed E-state index contributed by atoms with van der Waals surface area (Å²) < 4.78 is 0. The summed E-state index contributed by atoms with van der Waals surface area (Å²) >= 11 is 0. The zero-order chi connectivity index (χ0) is 68.3. The Balaban J connectivity index is 1.71. The first-order valence-electron chi connectivity index (χ1n) is 34.7. The average Bonchev–Trinajstić information content (AvgIpc) is 0.713. The van der Waals surface area contributed by atoms with Gasteiger partial charge in [-0.05, 0) is 32.3 Å². The molecular formula is C76H124B2Si12. The molecule has 0 bridgehead atoms. The Kier molecular flexibility index (Phi) is 19.3. The fourth-order valence-electron chi connectivity index (χ4n) is 14.8. The van der Waals surface area contributed by atoms with Crippen LogP contribution in [0, 0.1) is 0 Å². The van der Waals surface area contributed by atoms with E-state index < -0.39 is 96.9 Å². The van der Waals surface area contributed by atoms with Crippen molar-refractivity contribution in [2.75, 3.05) is 0 Å². The molecule has 482 valence electrons. The zero-order valence-corrected chi connectivity index (χ0v) is 76.4. The van der Waals surface area contributed by atoms with E-state index in [4.69, 9.17) is 0 Å². The van der Waals surface area contributed by atoms with Crippen LogP contribution in [0.2, 0.25) is 236 Å². The Morgan fingerprint density at radius 2 is 0.344 bits per heavy atom. The van der Waals surface area contributed by atoms with E-state index in [1.54, 1.807) is 84.1 Å². The molecular weight excluding hydrogens is 1270 g/mol. The lowest BCUT2D eigenvalue weighted by molar-refractivity contribution is 1.66. The van der Waals surface area contributed by atoms with Gasteiger partial charge in [-0.15, -0.1) is 0 Å². The molecule has 0 aromatic heterocycles. The van der Waals surface area contributed by atoms with Crippen LogP contribution < -0.4 is 95.0 Å². The average molecular weight is 1400 g/mol. The third kappa shape index (κ3) is 14.5. The third-order valence-corrected chi connectivity index (χ3v) is 44.5. The van der Waals surface area contributed by atoms with E-state index in [9.17, 15) is 0 Å². The minimum absolute atomic E-state index is 0.0898. The van der Waals surface area contributed by atoms with Crippen LogP contribution >= 0.6 is 0 Å². The fourth-order valence-corrected chi connectivity index (χ4v) is 34.5. The second-order valence-corrected chi connectivity index (χ2v) is 101. The standard InChI is InChI=1S/C76H124B2Si12/c1-79(2,3)55-45-63(83(13,14)15)73(64(46-55)84(16,17)18)77(74-65(85(19,20)21)47-56(80(4,5)6)48-66(74)86(22,23)24)61-43-39-53-38-42-60-62(44-40-54-37-41-59(61)71(53)72(54)60)78(75-67(87(25,26)27)49-57(81(7,8)9)50-68(75)88(28,29)30)76-69(89(31,32)33)51-58(82(10,11)12)52-70(76)90(34,35)36/h37-52H,1-36H3. The van der Waals surface area contributed by atoms with Crippen LogP contribution in [-0.4, -0.2) is 110 Å². The van der Waals surface area contributed by atoms with Gasteiger partial charge in [-0.25, -0.2) is 0 Å². The van der Waals surface area contributed by atoms with Crippen molar-refractivity contribution < 1.29 is 0 Å². The van der Waals surface area contributed by atoms with Crippen LogP contribution in [0.3, 0.4) is 0 Å². The van der Waals surface area contributed by atoms with E-state index in [0.717, 1.165) is 0 Å². The van der Waals surface area contributed by atoms with Gasteiger partial charge in [0.2, 0.25) is 13.4 Å². The van der Waals surface area contributed by atoms with Gasteiger partial charge in [-0.1, -0.05) is 428 Å². The van der Waals surface area contributed by atoms with Crippen LogP contribution in [0.5, 0.6) is 0 Å². The molecule has 0 N–H and O–H groups in total. The lowest BCUT2D eigenvalue weighted by Crippen LogP contribution is -2.77. The summed E-state index contributed by atoms with van der Waals surface area (Å²) in [7, 11) is -23.1. The first-order chi connectivity index (χ1) is 40.3. The molecule has 0 amide bonds. The van der Waals surface area contributed by atoms with Gasteiger partial charge in [0.15, 0.2) is 0 Å². The fraction of sp³-hybridized carbons (Fsp3) is 0.474. The first-order valence-corrected chi connectivity index (χ1v) is 76.7. The summed E-state index contributed by atoms with van der Waals surface area (Å²) in [4.78, 5) is 0. The van der Waals surface area contributed by atoms with Crippen molar-refractivity contribution in [1.82, 2.24) is 0 Å². The van der Waals surface area contributed by atoms with Crippen molar-refractivity contribution >= 4 is 238 Å². The maximum Gasteiger partial charge on any atom is 0.241 e. The molecule has 0 heterocycles. The van der Waals surface area contributed by atoms with Gasteiger partial charge >= 0.3 is 0 Å². The summed E-state index contributed by atoms with van der Waals surface area (Å²) in [6, 6.07) is 43.6. The lowest BCUT2D eigenvalue weighted by Gasteiger charge is -2.39. The van der Waals surface area contributed by atoms with E-state index in [1.807, 2.05) is 0 Å². The molecule has 0 unspecified atom stereocenters. The van der Waals surface area contributed by atoms with Crippen LogP contribution in [0.4, 0.5) is 0 Å². The molecule has 0 atom stereocenters. The topological polar surface area (TPSA) is 0 Å². The molecule has 0 aliphatic rings. The molecule has 8 aromatic carbocycles. The molecule has 90 heavy (non-hydrogen) atoms. The van der Waals surface area contributed by atoms with Crippen molar-refractivity contribution in [1.29, 1.82) is 0 Å². The predicted octanol–water partition coefficient (Wildman–Crippen LogP) is 12.2. The van der Waals surface area contributed by atoms with E-state index in [2.05, 4.69) is 333 Å². The van der Waals surface area contributed by atoms with Crippen LogP contribution in [-0.2, 0) is 0 Å². The van der Waals surface area contributed by atoms with Crippen molar-refractivity contribution in [3.63, 3.8) is 0 Å². The Bertz CT molecular complexity index is 3480. The highest BCUT2D eigenvalue weighted by Gasteiger charge is 2.46. The molecule has 0 aliphatic carbocycles. The SMILES string of the molecule is C[Si](C)(C)c1cc([Si](C)(C)C)c(B(c2c([Si](C)(C)C)cc([Si](C)(C)C)cc2[Si](C)(C)C)c2ccc3ccc4c(B(c5c([Si](C)(C)C)cc([Si](C)(C)C)cc5[Si](C)(C)C)c5c([Si](C)(C)C)cc([Si](C)(C)C)cc5[Si](C)(C)C)ccc5ccc2c3c54)c([Si](C)(C)C)c1. The van der Waals surface area contributed by atoms with Crippen molar-refractivity contribution in [3.8, 4) is 0 Å². The smallest absolute Gasteiger partial charge is 0.0701 e. The van der Waals surface area contributed by atoms with Gasteiger partial charge in [-0.2, -0.15) is 0 Å². The first kappa shape index (κ1) is 73.3. The zero-order valence-electron chi connectivity index (χ0n) is 64.4. The summed E-state index contributed by atoms with van der Waals surface area (Å²) in [5, 5.41) is 29.0. The highest BCUT2D eigenvalue weighted by atomic mass is 28.3. The Morgan fingerprint density at radius 1 is 0.189 bits per heavy atom. The minimum atomic E-state index is -2.02. The highest BCUT2D eigenvalue weighted by Crippen LogP contribution is 2.34. The maximum atomic E-state index is 2.82. The number of benzene rings is 8. The molecule has 0 saturated carbocycles. The van der Waals surface area contributed by atoms with Gasteiger partial charge in [-0.3, -0.25) is 0 Å². The second kappa shape index (κ2) is 23.7. The number of hydrogen-bond acceptors (Lipinski definition) is 0. The van der Waals surface area contributed by atoms with E-state index >= 15 is 0 Å². The largest absolute Gasteiger partial charge is 0.241 e. The second-order valence-electron chi connectivity index (χ2n) is 40.5. The van der Waals surface area contributed by atoms with Gasteiger partial charge in [0.1, 0.15) is 0 Å². The molecule has 0 fully saturated rings. The molecule has 8 aromatic rings. The van der Waals surface area contributed by atoms with E-state index in [-0.39, 0.29) is 13.4 Å². The van der Waals surface area contributed by atoms with Gasteiger partial charge in [0, 0.05) is 0 Å². The number of hydrogen-bond donors (Lipinski definition) is 0. The van der Waals surface area contributed by atoms with Crippen LogP contribution in [0.15, 0.2) is 97.1 Å². The molecule has 0 aliphatic heterocycles. The summed E-state index contributed by atoms with van der Waals surface area (Å²) in [6.07, 6.45) is 0. The molecule has 8 rings (SSSR count). The van der Waals surface area contributed by atoms with Gasteiger partial charge in [0.25, 0.3) is 0 Å². The molecule has 14 heteroatoms. The monoisotopic (exact) mass is 1390 g/mol. The van der Waals surface area contributed by atoms with Crippen molar-refractivity contribution in [2.24, 2.45) is 0 Å². The van der Waals surface area contributed by atoms with Gasteiger partial charge < -0.3 is 0 Å². The number of rotatable bonds is 18. The third-order valence-electron chi connectivity index (χ3n) is 20.2. The van der Waals surface area contributed by atoms with Gasteiger partial charge in [0.05, 0.1) is 96.9 Å². The minimum Gasteiger partial charge on any atom is -0.0701 e. The van der Waals surface area contributed by atoms with Crippen LogP contribution in [0.25, 0.3) is 32.3 Å². The molecule has 0 nitrogen and oxygen atoms in total. The Morgan fingerprint density at radius 3 is 0.489 bits per heavy atom. The van der Waals surface area contributed by atoms with Crippen LogP contribution in [0.1, 0.15) is 0 Å². The molecule has 0 saturated heterocycles.